The van der Waals surface area contributed by atoms with E-state index in [4.69, 9.17) is 0 Å². The summed E-state index contributed by atoms with van der Waals surface area (Å²) in [5, 5.41) is 0. The van der Waals surface area contributed by atoms with Crippen LogP contribution in [0.1, 0.15) is 73.4 Å². The van der Waals surface area contributed by atoms with Crippen LogP contribution in [0.2, 0.25) is 0 Å². The standard InChI is InChI=1S/C26H30O2Te2/c1-25(2,3)23(15-19-11-7-9-13-21(19)17-27)29-30-24(26(4,5)6)16-20-12-8-10-14-22(20)18-28/h7-18H,1-6H3/b23-15-,24-16-. The quantitative estimate of drug-likeness (QED) is 0.274. The van der Waals surface area contributed by atoms with Crippen molar-refractivity contribution in [2.45, 2.75) is 41.5 Å². The molecule has 0 amide bonds. The van der Waals surface area contributed by atoms with Crippen LogP contribution in [0.5, 0.6) is 0 Å². The van der Waals surface area contributed by atoms with E-state index in [1.807, 2.05) is 48.5 Å². The normalized spacial score (nSPS) is 13.3. The van der Waals surface area contributed by atoms with Gasteiger partial charge in [-0.15, -0.1) is 0 Å². The molecular weight excluding hydrogens is 599 g/mol. The minimum absolute atomic E-state index is 0.0761. The van der Waals surface area contributed by atoms with Crippen LogP contribution in [0.15, 0.2) is 55.8 Å². The van der Waals surface area contributed by atoms with E-state index in [1.54, 1.807) is 0 Å². The molecule has 0 saturated heterocycles. The summed E-state index contributed by atoms with van der Waals surface area (Å²) >= 11 is -0.786. The topological polar surface area (TPSA) is 34.1 Å². The fourth-order valence-corrected chi connectivity index (χ4v) is 20.4. The first-order chi connectivity index (χ1) is 14.1. The van der Waals surface area contributed by atoms with Crippen LogP contribution >= 0.6 is 0 Å². The van der Waals surface area contributed by atoms with Gasteiger partial charge >= 0.3 is 199 Å². The Morgan fingerprint density at radius 3 is 1.17 bits per heavy atom. The zero-order valence-electron chi connectivity index (χ0n) is 18.6. The Morgan fingerprint density at radius 2 is 0.900 bits per heavy atom. The van der Waals surface area contributed by atoms with Crippen molar-refractivity contribution >= 4 is 58.8 Å². The molecule has 158 valence electrons. The fraction of sp³-hybridized carbons (Fsp3) is 0.308. The third kappa shape index (κ3) is 7.21. The minimum atomic E-state index is -0.393. The summed E-state index contributed by atoms with van der Waals surface area (Å²) in [4.78, 5) is 22.9. The summed E-state index contributed by atoms with van der Waals surface area (Å²) in [7, 11) is 0. The maximum atomic E-state index is 11.5. The summed E-state index contributed by atoms with van der Waals surface area (Å²) in [6.45, 7) is 13.6. The first kappa shape index (κ1) is 25.1. The van der Waals surface area contributed by atoms with Gasteiger partial charge in [0.15, 0.2) is 0 Å². The molecule has 30 heavy (non-hydrogen) atoms. The molecular formula is C26H30O2Te2. The number of rotatable bonds is 7. The molecule has 0 radical (unpaired) electrons. The van der Waals surface area contributed by atoms with Crippen molar-refractivity contribution in [2.75, 3.05) is 0 Å². The molecule has 0 aliphatic carbocycles. The Bertz CT molecular complexity index is 878. The van der Waals surface area contributed by atoms with Gasteiger partial charge in [0.25, 0.3) is 0 Å². The van der Waals surface area contributed by atoms with Gasteiger partial charge in [-0.25, -0.2) is 0 Å². The van der Waals surface area contributed by atoms with Gasteiger partial charge in [-0.3, -0.25) is 0 Å². The zero-order chi connectivity index (χ0) is 22.4. The first-order valence-corrected chi connectivity index (χ1v) is 19.6. The number of carbonyl (C=O) groups is 2. The average Bonchev–Trinajstić information content (AvgIpc) is 2.68. The van der Waals surface area contributed by atoms with Crippen LogP contribution < -0.4 is 0 Å². The van der Waals surface area contributed by atoms with Crippen LogP contribution in [0, 0.1) is 10.8 Å². The van der Waals surface area contributed by atoms with E-state index in [0.29, 0.717) is 0 Å². The number of allylic oxidation sites excluding steroid dienone is 2. The van der Waals surface area contributed by atoms with Crippen molar-refractivity contribution in [3.63, 3.8) is 0 Å². The monoisotopic (exact) mass is 634 g/mol. The van der Waals surface area contributed by atoms with Crippen molar-refractivity contribution in [1.82, 2.24) is 0 Å². The van der Waals surface area contributed by atoms with Crippen molar-refractivity contribution in [1.29, 1.82) is 0 Å². The summed E-state index contributed by atoms with van der Waals surface area (Å²) in [6, 6.07) is 15.6. The molecule has 0 aromatic heterocycles. The molecule has 2 aromatic carbocycles. The summed E-state index contributed by atoms with van der Waals surface area (Å²) < 4.78 is 2.98. The second-order valence-corrected chi connectivity index (χ2v) is 19.0. The van der Waals surface area contributed by atoms with Crippen molar-refractivity contribution in [3.8, 4) is 0 Å². The van der Waals surface area contributed by atoms with E-state index in [-0.39, 0.29) is 10.8 Å². The average molecular weight is 630 g/mol. The molecule has 2 aromatic rings. The van der Waals surface area contributed by atoms with Crippen molar-refractivity contribution in [3.05, 3.63) is 78.0 Å². The van der Waals surface area contributed by atoms with Gasteiger partial charge in [-0.1, -0.05) is 0 Å². The van der Waals surface area contributed by atoms with Gasteiger partial charge in [0, 0.05) is 0 Å². The molecule has 0 fully saturated rings. The molecule has 0 N–H and O–H groups in total. The molecule has 2 nitrogen and oxygen atoms in total. The van der Waals surface area contributed by atoms with E-state index >= 15 is 0 Å². The Balaban J connectivity index is 2.42. The van der Waals surface area contributed by atoms with Crippen LogP contribution in [0.4, 0.5) is 0 Å². The van der Waals surface area contributed by atoms with Crippen LogP contribution in [0.25, 0.3) is 12.2 Å². The van der Waals surface area contributed by atoms with E-state index in [1.165, 1.54) is 7.24 Å². The Hall–Kier alpha value is -1.16. The van der Waals surface area contributed by atoms with Crippen LogP contribution in [0.3, 0.4) is 0 Å². The summed E-state index contributed by atoms with van der Waals surface area (Å²) in [6.07, 6.45) is 6.41. The molecule has 0 bridgehead atoms. The Kier molecular flexibility index (Phi) is 9.14. The maximum absolute atomic E-state index is 11.5. The molecule has 0 heterocycles. The SMILES string of the molecule is CC(C)(C)/C(=C/c1ccccc1C=O)[Te][Te]/C(=C\c1ccccc1C=O)C(C)(C)C. The molecule has 0 unspecified atom stereocenters. The Labute approximate surface area is 197 Å². The molecule has 0 aliphatic heterocycles. The van der Waals surface area contributed by atoms with E-state index < -0.39 is 34.1 Å². The number of hydrogen-bond acceptors (Lipinski definition) is 2. The predicted octanol–water partition coefficient (Wildman–Crippen LogP) is 6.11. The third-order valence-corrected chi connectivity index (χ3v) is 18.4. The molecule has 0 saturated carbocycles. The van der Waals surface area contributed by atoms with Crippen LogP contribution in [-0.4, -0.2) is 46.7 Å². The van der Waals surface area contributed by atoms with Gasteiger partial charge < -0.3 is 0 Å². The van der Waals surface area contributed by atoms with E-state index in [2.05, 4.69) is 53.7 Å². The number of hydrogen-bond donors (Lipinski definition) is 0. The van der Waals surface area contributed by atoms with E-state index in [0.717, 1.165) is 34.8 Å². The predicted molar refractivity (Wildman–Crippen MR) is 130 cm³/mol. The molecule has 0 atom stereocenters. The number of aldehydes is 2. The number of benzene rings is 2. The van der Waals surface area contributed by atoms with Gasteiger partial charge in [0.05, 0.1) is 0 Å². The third-order valence-electron chi connectivity index (χ3n) is 4.52. The molecule has 0 spiro atoms. The first-order valence-electron chi connectivity index (χ1n) is 9.93. The van der Waals surface area contributed by atoms with Crippen molar-refractivity contribution < 1.29 is 9.59 Å². The zero-order valence-corrected chi connectivity index (χ0v) is 23.2. The fourth-order valence-electron chi connectivity index (χ4n) is 2.60. The van der Waals surface area contributed by atoms with Gasteiger partial charge in [-0.05, 0) is 0 Å². The number of carbonyl (C=O) groups excluding carboxylic acids is 2. The Morgan fingerprint density at radius 1 is 0.600 bits per heavy atom. The molecule has 0 aliphatic rings. The second kappa shape index (κ2) is 10.9. The summed E-state index contributed by atoms with van der Waals surface area (Å²) in [5.74, 6) is 0. The van der Waals surface area contributed by atoms with Gasteiger partial charge in [0.1, 0.15) is 0 Å². The van der Waals surface area contributed by atoms with Gasteiger partial charge in [-0.2, -0.15) is 0 Å². The second-order valence-electron chi connectivity index (χ2n) is 9.18. The van der Waals surface area contributed by atoms with E-state index in [9.17, 15) is 9.59 Å². The molecule has 2 rings (SSSR count). The van der Waals surface area contributed by atoms with Crippen molar-refractivity contribution in [2.24, 2.45) is 10.8 Å². The van der Waals surface area contributed by atoms with Gasteiger partial charge in [0.2, 0.25) is 0 Å². The summed E-state index contributed by atoms with van der Waals surface area (Å²) in [5.41, 5.74) is 3.68. The molecule has 4 heteroatoms. The van der Waals surface area contributed by atoms with Crippen LogP contribution in [-0.2, 0) is 0 Å².